The van der Waals surface area contributed by atoms with E-state index in [-0.39, 0.29) is 10.8 Å². The molecule has 0 aliphatic rings. The van der Waals surface area contributed by atoms with E-state index in [0.29, 0.717) is 35.0 Å². The summed E-state index contributed by atoms with van der Waals surface area (Å²) in [7, 11) is -3.73. The second-order valence-corrected chi connectivity index (χ2v) is 12.1. The Morgan fingerprint density at radius 3 is 2.26 bits per heavy atom. The fourth-order valence-corrected chi connectivity index (χ4v) is 6.64. The maximum Gasteiger partial charge on any atom is 0.265 e. The van der Waals surface area contributed by atoms with Gasteiger partial charge in [-0.2, -0.15) is 0 Å². The molecule has 0 fully saturated rings. The number of nitrogens with one attached hydrogen (secondary N) is 1. The molecule has 6 nitrogen and oxygen atoms in total. The smallest absolute Gasteiger partial charge is 0.265 e. The van der Waals surface area contributed by atoms with Gasteiger partial charge < -0.3 is 10.1 Å². The van der Waals surface area contributed by atoms with Crippen molar-refractivity contribution in [3.05, 3.63) is 114 Å². The molecule has 5 rings (SSSR count). The number of carbonyl (C=O) groups is 1. The standard InChI is InChI=1S/C31H28N2O4S2/c1-3-19-33(39(35,36)28-16-9-22(2)10-17-28)25-13-18-29-23(20-25)21-30(38-29)31(34)32-24-11-14-27(15-12-24)37-26-7-5-4-6-8-26/h4-18,20-21H,3,19H2,1-2H3,(H,32,34). The fourth-order valence-electron chi connectivity index (χ4n) is 4.15. The number of ether oxygens (including phenoxy) is 1. The zero-order valence-corrected chi connectivity index (χ0v) is 23.3. The molecule has 0 spiro atoms. The molecular formula is C31H28N2O4S2. The molecule has 0 saturated heterocycles. The number of hydrogen-bond donors (Lipinski definition) is 1. The minimum Gasteiger partial charge on any atom is -0.457 e. The van der Waals surface area contributed by atoms with E-state index in [1.165, 1.54) is 15.6 Å². The van der Waals surface area contributed by atoms with Crippen LogP contribution in [0, 0.1) is 6.92 Å². The molecule has 1 aromatic heterocycles. The van der Waals surface area contributed by atoms with E-state index in [0.717, 1.165) is 21.4 Å². The average molecular weight is 557 g/mol. The van der Waals surface area contributed by atoms with E-state index in [2.05, 4.69) is 5.32 Å². The van der Waals surface area contributed by atoms with Gasteiger partial charge in [0.15, 0.2) is 0 Å². The minimum absolute atomic E-state index is 0.229. The molecule has 8 heteroatoms. The summed E-state index contributed by atoms with van der Waals surface area (Å²) in [5.74, 6) is 1.18. The summed E-state index contributed by atoms with van der Waals surface area (Å²) in [5, 5.41) is 3.74. The topological polar surface area (TPSA) is 75.7 Å². The number of carbonyl (C=O) groups excluding carboxylic acids is 1. The van der Waals surface area contributed by atoms with Crippen molar-refractivity contribution in [1.82, 2.24) is 0 Å². The van der Waals surface area contributed by atoms with Gasteiger partial charge in [0, 0.05) is 16.9 Å². The second kappa shape index (κ2) is 11.3. The first kappa shape index (κ1) is 26.5. The van der Waals surface area contributed by atoms with Gasteiger partial charge in [-0.1, -0.05) is 42.8 Å². The zero-order valence-electron chi connectivity index (χ0n) is 21.6. The van der Waals surface area contributed by atoms with Crippen LogP contribution in [0.2, 0.25) is 0 Å². The fraction of sp³-hybridized carbons (Fsp3) is 0.129. The zero-order chi connectivity index (χ0) is 27.4. The average Bonchev–Trinajstić information content (AvgIpc) is 3.37. The van der Waals surface area contributed by atoms with Crippen LogP contribution < -0.4 is 14.4 Å². The number of sulfonamides is 1. The first-order valence-electron chi connectivity index (χ1n) is 12.6. The molecule has 0 radical (unpaired) electrons. The molecule has 4 aromatic carbocycles. The van der Waals surface area contributed by atoms with Crippen molar-refractivity contribution in [2.75, 3.05) is 16.2 Å². The summed E-state index contributed by atoms with van der Waals surface area (Å²) in [6.07, 6.45) is 0.662. The van der Waals surface area contributed by atoms with Crippen LogP contribution in [0.15, 0.2) is 108 Å². The third-order valence-electron chi connectivity index (χ3n) is 6.14. The van der Waals surface area contributed by atoms with Crippen LogP contribution in [0.4, 0.5) is 11.4 Å². The molecule has 0 aliphatic carbocycles. The van der Waals surface area contributed by atoms with Crippen LogP contribution in [0.25, 0.3) is 10.1 Å². The number of aryl methyl sites for hydroxylation is 1. The number of fused-ring (bicyclic) bond motifs is 1. The Hall–Kier alpha value is -4.14. The van der Waals surface area contributed by atoms with Crippen LogP contribution in [0.5, 0.6) is 11.5 Å². The number of rotatable bonds is 9. The van der Waals surface area contributed by atoms with Crippen molar-refractivity contribution >= 4 is 48.7 Å². The highest BCUT2D eigenvalue weighted by atomic mass is 32.2. The van der Waals surface area contributed by atoms with Crippen molar-refractivity contribution in [3.8, 4) is 11.5 Å². The van der Waals surface area contributed by atoms with Gasteiger partial charge in [-0.25, -0.2) is 8.42 Å². The van der Waals surface area contributed by atoms with Crippen molar-refractivity contribution < 1.29 is 17.9 Å². The number of hydrogen-bond acceptors (Lipinski definition) is 5. The quantitative estimate of drug-likeness (QED) is 0.201. The summed E-state index contributed by atoms with van der Waals surface area (Å²) in [6.45, 7) is 4.22. The minimum atomic E-state index is -3.73. The summed E-state index contributed by atoms with van der Waals surface area (Å²) in [6, 6.07) is 30.9. The largest absolute Gasteiger partial charge is 0.457 e. The lowest BCUT2D eigenvalue weighted by molar-refractivity contribution is 0.103. The highest BCUT2D eigenvalue weighted by Gasteiger charge is 2.25. The number of para-hydroxylation sites is 1. The molecule has 1 heterocycles. The molecule has 5 aromatic rings. The first-order chi connectivity index (χ1) is 18.8. The van der Waals surface area contributed by atoms with Crippen LogP contribution in [-0.4, -0.2) is 20.9 Å². The summed E-state index contributed by atoms with van der Waals surface area (Å²) in [5.41, 5.74) is 2.22. The third-order valence-corrected chi connectivity index (χ3v) is 9.09. The van der Waals surface area contributed by atoms with E-state index in [1.54, 1.807) is 60.7 Å². The lowest BCUT2D eigenvalue weighted by Gasteiger charge is -2.24. The van der Waals surface area contributed by atoms with Crippen molar-refractivity contribution in [1.29, 1.82) is 0 Å². The Labute approximate surface area is 232 Å². The Bertz CT molecular complexity index is 1700. The van der Waals surface area contributed by atoms with Gasteiger partial charge in [-0.3, -0.25) is 9.10 Å². The van der Waals surface area contributed by atoms with Crippen LogP contribution >= 0.6 is 11.3 Å². The molecule has 198 valence electrons. The Morgan fingerprint density at radius 1 is 0.872 bits per heavy atom. The van der Waals surface area contributed by atoms with Crippen molar-refractivity contribution in [3.63, 3.8) is 0 Å². The molecule has 0 bridgehead atoms. The van der Waals surface area contributed by atoms with E-state index in [1.807, 2.05) is 56.3 Å². The Balaban J connectivity index is 1.34. The normalized spacial score (nSPS) is 11.3. The molecule has 0 aliphatic heterocycles. The van der Waals surface area contributed by atoms with Gasteiger partial charge in [0.25, 0.3) is 15.9 Å². The van der Waals surface area contributed by atoms with E-state index in [4.69, 9.17) is 4.74 Å². The van der Waals surface area contributed by atoms with Crippen molar-refractivity contribution in [2.45, 2.75) is 25.2 Å². The van der Waals surface area contributed by atoms with E-state index in [9.17, 15) is 13.2 Å². The highest BCUT2D eigenvalue weighted by Crippen LogP contribution is 2.33. The lowest BCUT2D eigenvalue weighted by atomic mass is 10.2. The summed E-state index contributed by atoms with van der Waals surface area (Å²) >= 11 is 1.36. The van der Waals surface area contributed by atoms with Crippen molar-refractivity contribution in [2.24, 2.45) is 0 Å². The molecule has 0 unspecified atom stereocenters. The summed E-state index contributed by atoms with van der Waals surface area (Å²) in [4.78, 5) is 13.8. The molecule has 1 amide bonds. The van der Waals surface area contributed by atoms with E-state index < -0.39 is 10.0 Å². The van der Waals surface area contributed by atoms with Crippen LogP contribution in [0.3, 0.4) is 0 Å². The van der Waals surface area contributed by atoms with Gasteiger partial charge in [0.2, 0.25) is 0 Å². The van der Waals surface area contributed by atoms with Gasteiger partial charge in [-0.15, -0.1) is 11.3 Å². The predicted molar refractivity (Wildman–Crippen MR) is 159 cm³/mol. The van der Waals surface area contributed by atoms with Gasteiger partial charge in [-0.05, 0) is 91.5 Å². The first-order valence-corrected chi connectivity index (χ1v) is 14.9. The second-order valence-electron chi connectivity index (χ2n) is 9.12. The maximum absolute atomic E-state index is 13.5. The molecule has 1 N–H and O–H groups in total. The Kier molecular flexibility index (Phi) is 7.67. The third kappa shape index (κ3) is 5.97. The van der Waals surface area contributed by atoms with Crippen LogP contribution in [-0.2, 0) is 10.0 Å². The number of nitrogens with zero attached hydrogens (tertiary/aromatic N) is 1. The maximum atomic E-state index is 13.5. The molecule has 0 saturated carbocycles. The number of anilines is 2. The monoisotopic (exact) mass is 556 g/mol. The highest BCUT2D eigenvalue weighted by molar-refractivity contribution is 7.92. The van der Waals surface area contributed by atoms with Gasteiger partial charge >= 0.3 is 0 Å². The SMILES string of the molecule is CCCN(c1ccc2sc(C(=O)Nc3ccc(Oc4ccccc4)cc3)cc2c1)S(=O)(=O)c1ccc(C)cc1. The van der Waals surface area contributed by atoms with Gasteiger partial charge in [0.1, 0.15) is 11.5 Å². The van der Waals surface area contributed by atoms with Crippen LogP contribution in [0.1, 0.15) is 28.6 Å². The molecule has 39 heavy (non-hydrogen) atoms. The number of amides is 1. The Morgan fingerprint density at radius 2 is 1.56 bits per heavy atom. The van der Waals surface area contributed by atoms with Gasteiger partial charge in [0.05, 0.1) is 15.5 Å². The molecular weight excluding hydrogens is 528 g/mol. The lowest BCUT2D eigenvalue weighted by Crippen LogP contribution is -2.31. The number of benzene rings is 4. The number of thiophene rings is 1. The van der Waals surface area contributed by atoms with E-state index >= 15 is 0 Å². The summed E-state index contributed by atoms with van der Waals surface area (Å²) < 4.78 is 35.1. The predicted octanol–water partition coefficient (Wildman–Crippen LogP) is 7.86. The molecule has 0 atom stereocenters.